The number of rotatable bonds is 2. The number of hydrogen-bond donors (Lipinski definition) is 0. The van der Waals surface area contributed by atoms with Crippen molar-refractivity contribution in [2.45, 2.75) is 26.2 Å². The smallest absolute Gasteiger partial charge is 0.141 e. The molecule has 0 bridgehead atoms. The minimum absolute atomic E-state index is 0.0855. The maximum atomic E-state index is 13.9. The SMILES string of the molecule is CCc1ccc2c(c1)CCc1cc(-c3ccc(C#N)c(F)c3)ccc1-2. The van der Waals surface area contributed by atoms with Crippen LogP contribution in [-0.4, -0.2) is 0 Å². The molecule has 3 aromatic rings. The summed E-state index contributed by atoms with van der Waals surface area (Å²) in [5.41, 5.74) is 8.59. The first-order valence-corrected chi connectivity index (χ1v) is 8.64. The zero-order valence-electron chi connectivity index (χ0n) is 14.1. The fraction of sp³-hybridized carbons (Fsp3) is 0.174. The molecule has 0 heterocycles. The highest BCUT2D eigenvalue weighted by Gasteiger charge is 2.17. The lowest BCUT2D eigenvalue weighted by molar-refractivity contribution is 0.624. The van der Waals surface area contributed by atoms with Gasteiger partial charge in [0.05, 0.1) is 5.56 Å². The van der Waals surface area contributed by atoms with Crippen molar-refractivity contribution in [2.75, 3.05) is 0 Å². The van der Waals surface area contributed by atoms with Gasteiger partial charge in [-0.25, -0.2) is 4.39 Å². The van der Waals surface area contributed by atoms with Gasteiger partial charge in [0.2, 0.25) is 0 Å². The van der Waals surface area contributed by atoms with Crippen molar-refractivity contribution in [3.05, 3.63) is 82.7 Å². The lowest BCUT2D eigenvalue weighted by atomic mass is 9.83. The molecule has 0 aromatic heterocycles. The fourth-order valence-electron chi connectivity index (χ4n) is 3.63. The van der Waals surface area contributed by atoms with Crippen LogP contribution in [0.2, 0.25) is 0 Å². The number of fused-ring (bicyclic) bond motifs is 3. The molecule has 25 heavy (non-hydrogen) atoms. The van der Waals surface area contributed by atoms with Gasteiger partial charge in [-0.2, -0.15) is 5.26 Å². The van der Waals surface area contributed by atoms with Crippen molar-refractivity contribution in [3.63, 3.8) is 0 Å². The Morgan fingerprint density at radius 1 is 0.880 bits per heavy atom. The Morgan fingerprint density at radius 2 is 1.52 bits per heavy atom. The Bertz CT molecular complexity index is 1010. The highest BCUT2D eigenvalue weighted by atomic mass is 19.1. The summed E-state index contributed by atoms with van der Waals surface area (Å²) in [5, 5.41) is 8.88. The van der Waals surface area contributed by atoms with Gasteiger partial charge in [0, 0.05) is 0 Å². The quantitative estimate of drug-likeness (QED) is 0.593. The average molecular weight is 327 g/mol. The van der Waals surface area contributed by atoms with Gasteiger partial charge >= 0.3 is 0 Å². The molecule has 0 unspecified atom stereocenters. The summed E-state index contributed by atoms with van der Waals surface area (Å²) in [5.74, 6) is -0.463. The van der Waals surface area contributed by atoms with Gasteiger partial charge in [-0.15, -0.1) is 0 Å². The van der Waals surface area contributed by atoms with Crippen LogP contribution in [0.4, 0.5) is 4.39 Å². The molecule has 1 aliphatic rings. The van der Waals surface area contributed by atoms with Crippen molar-refractivity contribution in [2.24, 2.45) is 0 Å². The molecule has 0 atom stereocenters. The molecular weight excluding hydrogens is 309 g/mol. The maximum Gasteiger partial charge on any atom is 0.141 e. The molecule has 0 saturated carbocycles. The fourth-order valence-corrected chi connectivity index (χ4v) is 3.63. The third-order valence-electron chi connectivity index (χ3n) is 5.06. The summed E-state index contributed by atoms with van der Waals surface area (Å²) < 4.78 is 13.9. The number of hydrogen-bond acceptors (Lipinski definition) is 1. The van der Waals surface area contributed by atoms with Crippen LogP contribution in [0.25, 0.3) is 22.3 Å². The maximum absolute atomic E-state index is 13.9. The summed E-state index contributed by atoms with van der Waals surface area (Å²) in [6.07, 6.45) is 3.10. The second kappa shape index (κ2) is 6.18. The predicted octanol–water partition coefficient (Wildman–Crippen LogP) is 5.69. The predicted molar refractivity (Wildman–Crippen MR) is 98.8 cm³/mol. The van der Waals surface area contributed by atoms with Gasteiger partial charge in [0.25, 0.3) is 0 Å². The van der Waals surface area contributed by atoms with Crippen LogP contribution in [0.1, 0.15) is 29.2 Å². The summed E-state index contributed by atoms with van der Waals surface area (Å²) >= 11 is 0. The van der Waals surface area contributed by atoms with E-state index in [1.54, 1.807) is 6.07 Å². The third-order valence-corrected chi connectivity index (χ3v) is 5.06. The van der Waals surface area contributed by atoms with Crippen molar-refractivity contribution in [1.82, 2.24) is 0 Å². The van der Waals surface area contributed by atoms with E-state index in [0.29, 0.717) is 0 Å². The Hall–Kier alpha value is -2.92. The van der Waals surface area contributed by atoms with Gasteiger partial charge in [0.15, 0.2) is 0 Å². The minimum Gasteiger partial charge on any atom is -0.206 e. The topological polar surface area (TPSA) is 23.8 Å². The minimum atomic E-state index is -0.463. The van der Waals surface area contributed by atoms with Crippen LogP contribution in [0, 0.1) is 17.1 Å². The molecule has 1 aliphatic carbocycles. The molecule has 0 radical (unpaired) electrons. The highest BCUT2D eigenvalue weighted by Crippen LogP contribution is 2.36. The Morgan fingerprint density at radius 3 is 2.20 bits per heavy atom. The summed E-state index contributed by atoms with van der Waals surface area (Å²) in [6.45, 7) is 2.18. The molecule has 1 nitrogen and oxygen atoms in total. The van der Waals surface area contributed by atoms with Crippen molar-refractivity contribution >= 4 is 0 Å². The van der Waals surface area contributed by atoms with E-state index in [1.807, 2.05) is 18.2 Å². The van der Waals surface area contributed by atoms with E-state index in [0.717, 1.165) is 30.4 Å². The number of nitrogens with zero attached hydrogens (tertiary/aromatic N) is 1. The monoisotopic (exact) mass is 327 g/mol. The molecule has 0 amide bonds. The Balaban J connectivity index is 1.76. The first-order chi connectivity index (χ1) is 12.2. The van der Waals surface area contributed by atoms with Crippen LogP contribution in [-0.2, 0) is 19.3 Å². The number of nitriles is 1. The molecule has 0 N–H and O–H groups in total. The zero-order chi connectivity index (χ0) is 17.4. The third kappa shape index (κ3) is 2.72. The average Bonchev–Trinajstić information content (AvgIpc) is 2.66. The lowest BCUT2D eigenvalue weighted by Crippen LogP contribution is -2.05. The summed E-state index contributed by atoms with van der Waals surface area (Å²) in [4.78, 5) is 0. The number of aryl methyl sites for hydroxylation is 3. The lowest BCUT2D eigenvalue weighted by Gasteiger charge is -2.21. The Labute approximate surface area is 147 Å². The molecule has 4 rings (SSSR count). The molecular formula is C23H18FN. The van der Waals surface area contributed by atoms with Crippen molar-refractivity contribution in [3.8, 4) is 28.3 Å². The molecule has 122 valence electrons. The highest BCUT2D eigenvalue weighted by molar-refractivity contribution is 5.77. The first-order valence-electron chi connectivity index (χ1n) is 8.64. The molecule has 2 heteroatoms. The standard InChI is InChI=1S/C23H18FN/c1-2-15-3-9-21-18(11-15)5-6-19-12-16(8-10-22(19)21)17-4-7-20(14-25)23(24)13-17/h3-4,7-13H,2,5-6H2,1H3. The first kappa shape index (κ1) is 15.6. The largest absolute Gasteiger partial charge is 0.206 e. The molecule has 0 fully saturated rings. The van der Waals surface area contributed by atoms with Crippen LogP contribution in [0.3, 0.4) is 0 Å². The van der Waals surface area contributed by atoms with Crippen LogP contribution < -0.4 is 0 Å². The van der Waals surface area contributed by atoms with Gasteiger partial charge in [-0.3, -0.25) is 0 Å². The normalized spacial score (nSPS) is 12.2. The molecule has 0 saturated heterocycles. The number of halogens is 1. The zero-order valence-corrected chi connectivity index (χ0v) is 14.1. The second-order valence-electron chi connectivity index (χ2n) is 6.52. The van der Waals surface area contributed by atoms with E-state index in [2.05, 4.69) is 37.3 Å². The summed E-state index contributed by atoms with van der Waals surface area (Å²) in [6, 6.07) is 19.8. The van der Waals surface area contributed by atoms with E-state index in [-0.39, 0.29) is 5.56 Å². The van der Waals surface area contributed by atoms with E-state index >= 15 is 0 Å². The number of benzene rings is 3. The van der Waals surface area contributed by atoms with Gasteiger partial charge in [-0.1, -0.05) is 49.4 Å². The van der Waals surface area contributed by atoms with Crippen molar-refractivity contribution < 1.29 is 4.39 Å². The van der Waals surface area contributed by atoms with E-state index in [9.17, 15) is 4.39 Å². The van der Waals surface area contributed by atoms with Crippen LogP contribution in [0.5, 0.6) is 0 Å². The van der Waals surface area contributed by atoms with E-state index < -0.39 is 5.82 Å². The van der Waals surface area contributed by atoms with Crippen LogP contribution >= 0.6 is 0 Å². The van der Waals surface area contributed by atoms with E-state index in [1.165, 1.54) is 33.9 Å². The second-order valence-corrected chi connectivity index (χ2v) is 6.52. The Kier molecular flexibility index (Phi) is 3.86. The molecule has 0 spiro atoms. The van der Waals surface area contributed by atoms with Gasteiger partial charge in [0.1, 0.15) is 11.9 Å². The molecule has 3 aromatic carbocycles. The van der Waals surface area contributed by atoms with Crippen LogP contribution in [0.15, 0.2) is 54.6 Å². The molecule has 0 aliphatic heterocycles. The van der Waals surface area contributed by atoms with Crippen molar-refractivity contribution in [1.29, 1.82) is 5.26 Å². The van der Waals surface area contributed by atoms with Gasteiger partial charge < -0.3 is 0 Å². The van der Waals surface area contributed by atoms with Gasteiger partial charge in [-0.05, 0) is 70.3 Å². The summed E-state index contributed by atoms with van der Waals surface area (Å²) in [7, 11) is 0. The van der Waals surface area contributed by atoms with E-state index in [4.69, 9.17) is 5.26 Å².